The minimum absolute atomic E-state index is 0.00380. The van der Waals surface area contributed by atoms with Crippen molar-refractivity contribution in [1.29, 1.82) is 0 Å². The first-order valence-electron chi connectivity index (χ1n) is 7.23. The van der Waals surface area contributed by atoms with Crippen LogP contribution in [-0.4, -0.2) is 29.9 Å². The fourth-order valence-electron chi connectivity index (χ4n) is 3.03. The predicted octanol–water partition coefficient (Wildman–Crippen LogP) is 2.63. The second kappa shape index (κ2) is 4.87. The molecule has 0 radical (unpaired) electrons. The van der Waals surface area contributed by atoms with E-state index >= 15 is 0 Å². The minimum Gasteiger partial charge on any atom is -0.454 e. The van der Waals surface area contributed by atoms with Gasteiger partial charge in [0, 0.05) is 5.92 Å². The van der Waals surface area contributed by atoms with Gasteiger partial charge in [-0.05, 0) is 38.5 Å². The van der Waals surface area contributed by atoms with Crippen molar-refractivity contribution in [1.82, 2.24) is 0 Å². The van der Waals surface area contributed by atoms with E-state index in [0.29, 0.717) is 0 Å². The standard InChI is InChI=1S/C16H22O5/c1-10-14(20-15(2,3)21-16(10,4)8-17)11-5-6-12-13(7-11)19-9-18-12/h5-7,10,14,17H,8-9H2,1-4H3/t10-,14+,16+/m1/s1. The molecule has 5 heteroatoms. The van der Waals surface area contributed by atoms with Crippen LogP contribution in [0.15, 0.2) is 18.2 Å². The lowest BCUT2D eigenvalue weighted by molar-refractivity contribution is -0.358. The van der Waals surface area contributed by atoms with Gasteiger partial charge in [0.05, 0.1) is 18.3 Å². The van der Waals surface area contributed by atoms with Gasteiger partial charge in [-0.1, -0.05) is 13.0 Å². The van der Waals surface area contributed by atoms with Gasteiger partial charge in [-0.25, -0.2) is 0 Å². The van der Waals surface area contributed by atoms with E-state index in [4.69, 9.17) is 18.9 Å². The molecule has 1 N–H and O–H groups in total. The lowest BCUT2D eigenvalue weighted by atomic mass is 9.81. The quantitative estimate of drug-likeness (QED) is 0.908. The number of fused-ring (bicyclic) bond motifs is 1. The third-order valence-corrected chi connectivity index (χ3v) is 4.35. The van der Waals surface area contributed by atoms with Crippen LogP contribution < -0.4 is 9.47 Å². The molecule has 0 saturated carbocycles. The Kier molecular flexibility index (Phi) is 3.39. The van der Waals surface area contributed by atoms with Crippen molar-refractivity contribution >= 4 is 0 Å². The maximum absolute atomic E-state index is 9.75. The van der Waals surface area contributed by atoms with E-state index in [1.54, 1.807) is 0 Å². The van der Waals surface area contributed by atoms with E-state index in [-0.39, 0.29) is 25.4 Å². The molecule has 0 aromatic heterocycles. The Balaban J connectivity index is 1.96. The van der Waals surface area contributed by atoms with E-state index < -0.39 is 11.4 Å². The third-order valence-electron chi connectivity index (χ3n) is 4.35. The highest BCUT2D eigenvalue weighted by molar-refractivity contribution is 5.45. The zero-order chi connectivity index (χ0) is 15.3. The summed E-state index contributed by atoms with van der Waals surface area (Å²) in [7, 11) is 0. The molecule has 5 nitrogen and oxygen atoms in total. The summed E-state index contributed by atoms with van der Waals surface area (Å²) in [5, 5.41) is 9.75. The highest BCUT2D eigenvalue weighted by atomic mass is 16.7. The van der Waals surface area contributed by atoms with Crippen molar-refractivity contribution in [2.24, 2.45) is 5.92 Å². The first kappa shape index (κ1) is 14.6. The summed E-state index contributed by atoms with van der Waals surface area (Å²) in [4.78, 5) is 0. The smallest absolute Gasteiger partial charge is 0.231 e. The zero-order valence-corrected chi connectivity index (χ0v) is 12.9. The van der Waals surface area contributed by atoms with Crippen LogP contribution in [-0.2, 0) is 9.47 Å². The topological polar surface area (TPSA) is 57.2 Å². The third kappa shape index (κ3) is 2.50. The van der Waals surface area contributed by atoms with Crippen molar-refractivity contribution < 1.29 is 24.1 Å². The molecule has 1 fully saturated rings. The molecule has 116 valence electrons. The van der Waals surface area contributed by atoms with Crippen LogP contribution in [0.25, 0.3) is 0 Å². The molecule has 1 aromatic carbocycles. The van der Waals surface area contributed by atoms with Crippen LogP contribution in [0.4, 0.5) is 0 Å². The fraction of sp³-hybridized carbons (Fsp3) is 0.625. The molecule has 0 unspecified atom stereocenters. The first-order chi connectivity index (χ1) is 9.85. The number of aliphatic hydroxyl groups is 1. The molecule has 3 rings (SSSR count). The Morgan fingerprint density at radius 3 is 2.62 bits per heavy atom. The minimum atomic E-state index is -0.759. The number of benzene rings is 1. The summed E-state index contributed by atoms with van der Waals surface area (Å²) in [5.74, 6) is 0.724. The Bertz CT molecular complexity index is 541. The Labute approximate surface area is 124 Å². The van der Waals surface area contributed by atoms with Gasteiger partial charge in [-0.3, -0.25) is 0 Å². The summed E-state index contributed by atoms with van der Waals surface area (Å²) in [6.45, 7) is 7.88. The van der Waals surface area contributed by atoms with Gasteiger partial charge in [0.15, 0.2) is 17.3 Å². The highest BCUT2D eigenvalue weighted by Crippen LogP contribution is 2.47. The van der Waals surface area contributed by atoms with Gasteiger partial charge < -0.3 is 24.1 Å². The molecule has 1 aromatic rings. The van der Waals surface area contributed by atoms with Crippen molar-refractivity contribution in [2.75, 3.05) is 13.4 Å². The molecule has 0 bridgehead atoms. The summed E-state index contributed by atoms with van der Waals surface area (Å²) < 4.78 is 22.8. The van der Waals surface area contributed by atoms with Crippen molar-refractivity contribution in [3.63, 3.8) is 0 Å². The lowest BCUT2D eigenvalue weighted by Gasteiger charge is -2.50. The molecule has 1 saturated heterocycles. The van der Waals surface area contributed by atoms with E-state index in [1.165, 1.54) is 0 Å². The molecule has 21 heavy (non-hydrogen) atoms. The van der Waals surface area contributed by atoms with Gasteiger partial charge in [-0.2, -0.15) is 0 Å². The average molecular weight is 294 g/mol. The molecule has 0 aliphatic carbocycles. The van der Waals surface area contributed by atoms with Crippen LogP contribution in [0, 0.1) is 5.92 Å². The average Bonchev–Trinajstić information content (AvgIpc) is 2.89. The monoisotopic (exact) mass is 294 g/mol. The Morgan fingerprint density at radius 2 is 1.90 bits per heavy atom. The summed E-state index contributed by atoms with van der Waals surface area (Å²) in [6.07, 6.45) is -0.180. The molecule has 3 atom stereocenters. The molecule has 0 amide bonds. The molecule has 2 heterocycles. The second-order valence-corrected chi connectivity index (χ2v) is 6.41. The maximum Gasteiger partial charge on any atom is 0.231 e. The van der Waals surface area contributed by atoms with Crippen molar-refractivity contribution in [2.45, 2.75) is 45.2 Å². The summed E-state index contributed by atoms with van der Waals surface area (Å²) >= 11 is 0. The van der Waals surface area contributed by atoms with Crippen molar-refractivity contribution in [3.8, 4) is 11.5 Å². The van der Waals surface area contributed by atoms with E-state index in [2.05, 4.69) is 0 Å². The van der Waals surface area contributed by atoms with E-state index in [9.17, 15) is 5.11 Å². The van der Waals surface area contributed by atoms with Gasteiger partial charge >= 0.3 is 0 Å². The number of hydrogen-bond acceptors (Lipinski definition) is 5. The normalized spacial score (nSPS) is 34.0. The van der Waals surface area contributed by atoms with Gasteiger partial charge in [0.1, 0.15) is 0 Å². The van der Waals surface area contributed by atoms with E-state index in [0.717, 1.165) is 17.1 Å². The molecule has 2 aliphatic rings. The molecule has 2 aliphatic heterocycles. The van der Waals surface area contributed by atoms with Crippen LogP contribution in [0.2, 0.25) is 0 Å². The SMILES string of the molecule is C[C@@H]1[C@@H](c2ccc3c(c2)OCO3)OC(C)(C)O[C@@]1(C)CO. The van der Waals surface area contributed by atoms with Gasteiger partial charge in [0.25, 0.3) is 0 Å². The second-order valence-electron chi connectivity index (χ2n) is 6.41. The van der Waals surface area contributed by atoms with Gasteiger partial charge in [-0.15, -0.1) is 0 Å². The summed E-state index contributed by atoms with van der Waals surface area (Å²) in [6, 6.07) is 5.82. The zero-order valence-electron chi connectivity index (χ0n) is 12.9. The van der Waals surface area contributed by atoms with Crippen LogP contribution >= 0.6 is 0 Å². The first-order valence-corrected chi connectivity index (χ1v) is 7.23. The molecular weight excluding hydrogens is 272 g/mol. The fourth-order valence-corrected chi connectivity index (χ4v) is 3.03. The summed E-state index contributed by atoms with van der Waals surface area (Å²) in [5.41, 5.74) is 0.353. The number of hydrogen-bond donors (Lipinski definition) is 1. The van der Waals surface area contributed by atoms with Crippen LogP contribution in [0.1, 0.15) is 39.4 Å². The molecule has 0 spiro atoms. The number of rotatable bonds is 2. The number of ether oxygens (including phenoxy) is 4. The van der Waals surface area contributed by atoms with Crippen LogP contribution in [0.3, 0.4) is 0 Å². The van der Waals surface area contributed by atoms with Crippen LogP contribution in [0.5, 0.6) is 11.5 Å². The Hall–Kier alpha value is -1.30. The Morgan fingerprint density at radius 1 is 1.19 bits per heavy atom. The molecular formula is C16H22O5. The van der Waals surface area contributed by atoms with Gasteiger partial charge in [0.2, 0.25) is 6.79 Å². The van der Waals surface area contributed by atoms with Crippen molar-refractivity contribution in [3.05, 3.63) is 23.8 Å². The predicted molar refractivity (Wildman–Crippen MR) is 76.2 cm³/mol. The lowest BCUT2D eigenvalue weighted by Crippen LogP contribution is -2.55. The number of aliphatic hydroxyl groups excluding tert-OH is 1. The maximum atomic E-state index is 9.75. The highest BCUT2D eigenvalue weighted by Gasteiger charge is 2.48. The largest absolute Gasteiger partial charge is 0.454 e. The van der Waals surface area contributed by atoms with E-state index in [1.807, 2.05) is 45.9 Å².